The molecule has 6 nitrogen and oxygen atoms in total. The molecule has 6 heteroatoms. The van der Waals surface area contributed by atoms with Gasteiger partial charge in [-0.1, -0.05) is 35.5 Å². The van der Waals surface area contributed by atoms with Crippen molar-refractivity contribution in [2.45, 2.75) is 0 Å². The van der Waals surface area contributed by atoms with Crippen LogP contribution in [0.25, 0.3) is 11.0 Å². The number of aryl methyl sites for hydroxylation is 1. The second-order valence-corrected chi connectivity index (χ2v) is 4.78. The minimum Gasteiger partial charge on any atom is -0.325 e. The van der Waals surface area contributed by atoms with E-state index < -0.39 is 5.97 Å². The van der Waals surface area contributed by atoms with Gasteiger partial charge in [-0.2, -0.15) is 5.26 Å². The lowest BCUT2D eigenvalue weighted by Crippen LogP contribution is -2.09. The summed E-state index contributed by atoms with van der Waals surface area (Å²) in [7, 11) is 1.77. The zero-order valence-electron chi connectivity index (χ0n) is 12.3. The van der Waals surface area contributed by atoms with Gasteiger partial charge in [-0.15, -0.1) is 0 Å². The maximum atomic E-state index is 11.9. The number of fused-ring (bicyclic) bond motifs is 1. The van der Waals surface area contributed by atoms with E-state index in [1.807, 2.05) is 30.3 Å². The van der Waals surface area contributed by atoms with Crippen molar-refractivity contribution in [1.82, 2.24) is 9.55 Å². The summed E-state index contributed by atoms with van der Waals surface area (Å²) < 4.78 is 1.73. The number of benzene rings is 2. The van der Waals surface area contributed by atoms with E-state index in [-0.39, 0.29) is 5.71 Å². The van der Waals surface area contributed by atoms with Gasteiger partial charge in [0.1, 0.15) is 6.07 Å². The van der Waals surface area contributed by atoms with Crippen LogP contribution in [0.3, 0.4) is 0 Å². The second kappa shape index (κ2) is 6.12. The Morgan fingerprint density at radius 2 is 1.87 bits per heavy atom. The Hall–Kier alpha value is -3.46. The minimum absolute atomic E-state index is 0.0621. The van der Waals surface area contributed by atoms with Crippen LogP contribution < -0.4 is 0 Å². The molecular formula is C17H12N4O2. The Morgan fingerprint density at radius 1 is 1.17 bits per heavy atom. The summed E-state index contributed by atoms with van der Waals surface area (Å²) in [4.78, 5) is 21.1. The third-order valence-corrected chi connectivity index (χ3v) is 3.33. The Bertz CT molecular complexity index is 936. The molecule has 0 bridgehead atoms. The van der Waals surface area contributed by atoms with Gasteiger partial charge < -0.3 is 9.40 Å². The van der Waals surface area contributed by atoms with Crippen LogP contribution in [0, 0.1) is 11.3 Å². The zero-order chi connectivity index (χ0) is 16.2. The Labute approximate surface area is 132 Å². The van der Waals surface area contributed by atoms with Crippen molar-refractivity contribution in [2.75, 3.05) is 0 Å². The highest BCUT2D eigenvalue weighted by Gasteiger charge is 2.15. The first-order valence-corrected chi connectivity index (χ1v) is 6.87. The van der Waals surface area contributed by atoms with E-state index in [2.05, 4.69) is 10.1 Å². The molecule has 1 heterocycles. The van der Waals surface area contributed by atoms with Gasteiger partial charge >= 0.3 is 5.97 Å². The number of rotatable bonds is 3. The number of imidazole rings is 1. The van der Waals surface area contributed by atoms with Crippen molar-refractivity contribution in [3.05, 3.63) is 66.0 Å². The third kappa shape index (κ3) is 2.80. The molecule has 0 atom stereocenters. The SMILES string of the molecule is Cn1c(/C(C#N)=N/OC(=O)c2ccccc2)nc2ccccc21. The van der Waals surface area contributed by atoms with Gasteiger partial charge in [0, 0.05) is 7.05 Å². The number of carbonyl (C=O) groups is 1. The summed E-state index contributed by atoms with van der Waals surface area (Å²) in [5.41, 5.74) is 1.90. The molecular weight excluding hydrogens is 292 g/mol. The molecule has 2 aromatic carbocycles. The number of hydrogen-bond donors (Lipinski definition) is 0. The van der Waals surface area contributed by atoms with Crippen molar-refractivity contribution in [1.29, 1.82) is 5.26 Å². The summed E-state index contributed by atoms with van der Waals surface area (Å²) in [6, 6.07) is 17.8. The van der Waals surface area contributed by atoms with Gasteiger partial charge in [-0.25, -0.2) is 9.78 Å². The first kappa shape index (κ1) is 14.5. The number of carbonyl (C=O) groups excluding carboxylic acids is 1. The number of para-hydroxylation sites is 2. The van der Waals surface area contributed by atoms with E-state index in [1.54, 1.807) is 41.9 Å². The Morgan fingerprint density at radius 3 is 2.57 bits per heavy atom. The van der Waals surface area contributed by atoms with Gasteiger partial charge in [-0.05, 0) is 24.3 Å². The molecule has 0 saturated carbocycles. The van der Waals surface area contributed by atoms with Gasteiger partial charge in [0.25, 0.3) is 0 Å². The fraction of sp³-hybridized carbons (Fsp3) is 0.0588. The molecule has 0 aliphatic heterocycles. The molecule has 0 amide bonds. The fourth-order valence-electron chi connectivity index (χ4n) is 2.18. The standard InChI is InChI=1S/C17H12N4O2/c1-21-15-10-6-5-9-13(15)19-16(21)14(11-18)20-23-17(22)12-7-3-2-4-8-12/h2-10H,1H3/b20-14+. The van der Waals surface area contributed by atoms with E-state index >= 15 is 0 Å². The molecule has 23 heavy (non-hydrogen) atoms. The van der Waals surface area contributed by atoms with Crippen LogP contribution in [0.1, 0.15) is 16.2 Å². The molecule has 112 valence electrons. The van der Waals surface area contributed by atoms with Crippen LogP contribution in [0.2, 0.25) is 0 Å². The van der Waals surface area contributed by atoms with E-state index in [4.69, 9.17) is 4.84 Å². The van der Waals surface area contributed by atoms with Crippen molar-refractivity contribution < 1.29 is 9.63 Å². The van der Waals surface area contributed by atoms with Crippen LogP contribution in [0.4, 0.5) is 0 Å². The van der Waals surface area contributed by atoms with E-state index in [9.17, 15) is 10.1 Å². The van der Waals surface area contributed by atoms with Crippen LogP contribution in [-0.4, -0.2) is 21.2 Å². The van der Waals surface area contributed by atoms with Crippen molar-refractivity contribution >= 4 is 22.7 Å². The number of aromatic nitrogens is 2. The number of nitrogens with zero attached hydrogens (tertiary/aromatic N) is 4. The highest BCUT2D eigenvalue weighted by atomic mass is 16.7. The summed E-state index contributed by atoms with van der Waals surface area (Å²) >= 11 is 0. The number of oxime groups is 1. The largest absolute Gasteiger partial charge is 0.365 e. The van der Waals surface area contributed by atoms with Gasteiger partial charge in [0.05, 0.1) is 16.6 Å². The lowest BCUT2D eigenvalue weighted by Gasteiger charge is -2.00. The molecule has 3 rings (SSSR count). The molecule has 0 unspecified atom stereocenters. The monoisotopic (exact) mass is 304 g/mol. The average Bonchev–Trinajstić information content (AvgIpc) is 2.93. The van der Waals surface area contributed by atoms with Crippen molar-refractivity contribution in [2.24, 2.45) is 12.2 Å². The molecule has 3 aromatic rings. The quantitative estimate of drug-likeness (QED) is 0.423. The first-order chi connectivity index (χ1) is 11.2. The van der Waals surface area contributed by atoms with Crippen LogP contribution in [-0.2, 0) is 11.9 Å². The van der Waals surface area contributed by atoms with E-state index in [0.29, 0.717) is 11.4 Å². The van der Waals surface area contributed by atoms with Crippen molar-refractivity contribution in [3.63, 3.8) is 0 Å². The zero-order valence-corrected chi connectivity index (χ0v) is 12.3. The molecule has 0 radical (unpaired) electrons. The molecule has 0 aliphatic carbocycles. The predicted octanol–water partition coefficient (Wildman–Crippen LogP) is 2.66. The summed E-state index contributed by atoms with van der Waals surface area (Å²) in [6.45, 7) is 0. The third-order valence-electron chi connectivity index (χ3n) is 3.33. The molecule has 0 N–H and O–H groups in total. The maximum absolute atomic E-state index is 11.9. The van der Waals surface area contributed by atoms with Gasteiger partial charge in [0.15, 0.2) is 5.82 Å². The average molecular weight is 304 g/mol. The lowest BCUT2D eigenvalue weighted by molar-refractivity contribution is 0.0517. The maximum Gasteiger partial charge on any atom is 0.365 e. The molecule has 0 fully saturated rings. The highest BCUT2D eigenvalue weighted by Crippen LogP contribution is 2.15. The summed E-state index contributed by atoms with van der Waals surface area (Å²) in [5, 5.41) is 13.0. The first-order valence-electron chi connectivity index (χ1n) is 6.87. The normalized spacial score (nSPS) is 11.2. The van der Waals surface area contributed by atoms with E-state index in [1.165, 1.54) is 0 Å². The van der Waals surface area contributed by atoms with Crippen molar-refractivity contribution in [3.8, 4) is 6.07 Å². The highest BCUT2D eigenvalue weighted by molar-refractivity contribution is 6.10. The topological polar surface area (TPSA) is 80.3 Å². The predicted molar refractivity (Wildman–Crippen MR) is 84.7 cm³/mol. The van der Waals surface area contributed by atoms with Gasteiger partial charge in [-0.3, -0.25) is 0 Å². The van der Waals surface area contributed by atoms with Crippen LogP contribution in [0.5, 0.6) is 0 Å². The second-order valence-electron chi connectivity index (χ2n) is 4.78. The Balaban J connectivity index is 1.91. The minimum atomic E-state index is -0.628. The smallest absolute Gasteiger partial charge is 0.325 e. The van der Waals surface area contributed by atoms with Crippen LogP contribution >= 0.6 is 0 Å². The lowest BCUT2D eigenvalue weighted by atomic mass is 10.2. The van der Waals surface area contributed by atoms with Gasteiger partial charge in [0.2, 0.25) is 5.71 Å². The van der Waals surface area contributed by atoms with E-state index in [0.717, 1.165) is 11.0 Å². The molecule has 0 saturated heterocycles. The fourth-order valence-corrected chi connectivity index (χ4v) is 2.18. The number of nitriles is 1. The molecule has 0 spiro atoms. The summed E-state index contributed by atoms with van der Waals surface area (Å²) in [5.74, 6) is -0.285. The number of hydrogen-bond acceptors (Lipinski definition) is 5. The summed E-state index contributed by atoms with van der Waals surface area (Å²) in [6.07, 6.45) is 0. The molecule has 0 aliphatic rings. The van der Waals surface area contributed by atoms with Crippen LogP contribution in [0.15, 0.2) is 59.8 Å². The Kier molecular flexibility index (Phi) is 3.85. The molecule has 1 aromatic heterocycles.